The van der Waals surface area contributed by atoms with E-state index in [2.05, 4.69) is 24.5 Å². The first-order valence-electron chi connectivity index (χ1n) is 6.21. The molecule has 0 aliphatic heterocycles. The Kier molecular flexibility index (Phi) is 3.68. The average Bonchev–Trinajstić information content (AvgIpc) is 2.80. The highest BCUT2D eigenvalue weighted by molar-refractivity contribution is 5.82. The summed E-state index contributed by atoms with van der Waals surface area (Å²) in [5, 5.41) is 6.43. The Morgan fingerprint density at radius 2 is 1.69 bits per heavy atom. The molecule has 0 radical (unpaired) electrons. The van der Waals surface area contributed by atoms with E-state index in [1.165, 1.54) is 12.8 Å². The summed E-state index contributed by atoms with van der Waals surface area (Å²) in [6, 6.07) is -0.130. The molecule has 1 aliphatic carbocycles. The summed E-state index contributed by atoms with van der Waals surface area (Å²) in [6.07, 6.45) is 2.57. The van der Waals surface area contributed by atoms with E-state index in [4.69, 9.17) is 0 Å². The van der Waals surface area contributed by atoms with Crippen LogP contribution in [0.15, 0.2) is 0 Å². The zero-order chi connectivity index (χ0) is 12.6. The van der Waals surface area contributed by atoms with Gasteiger partial charge in [-0.15, -0.1) is 0 Å². The zero-order valence-corrected chi connectivity index (χ0v) is 11.5. The average molecular weight is 226 g/mol. The first-order valence-corrected chi connectivity index (χ1v) is 6.21. The minimum Gasteiger partial charge on any atom is -0.350 e. The summed E-state index contributed by atoms with van der Waals surface area (Å²) >= 11 is 0. The molecule has 1 fully saturated rings. The molecule has 0 bridgehead atoms. The molecule has 1 rings (SSSR count). The van der Waals surface area contributed by atoms with Crippen LogP contribution in [0.4, 0.5) is 0 Å². The van der Waals surface area contributed by atoms with Gasteiger partial charge in [0.15, 0.2) is 0 Å². The molecule has 3 heteroatoms. The molecule has 0 spiro atoms. The summed E-state index contributed by atoms with van der Waals surface area (Å²) in [7, 11) is 0. The third-order valence-electron chi connectivity index (χ3n) is 3.08. The second-order valence-corrected chi connectivity index (χ2v) is 6.60. The van der Waals surface area contributed by atoms with Gasteiger partial charge in [-0.2, -0.15) is 0 Å². The number of nitrogens with one attached hydrogen (secondary N) is 2. The van der Waals surface area contributed by atoms with Crippen molar-refractivity contribution in [2.75, 3.05) is 0 Å². The molecule has 1 aliphatic rings. The fourth-order valence-electron chi connectivity index (χ4n) is 2.02. The van der Waals surface area contributed by atoms with E-state index in [0.29, 0.717) is 0 Å². The lowest BCUT2D eigenvalue weighted by molar-refractivity contribution is -0.124. The minimum atomic E-state index is -0.156. The number of amides is 1. The van der Waals surface area contributed by atoms with E-state index in [-0.39, 0.29) is 23.0 Å². The first-order chi connectivity index (χ1) is 7.12. The van der Waals surface area contributed by atoms with Crippen LogP contribution in [-0.2, 0) is 4.79 Å². The largest absolute Gasteiger partial charge is 0.350 e. The van der Waals surface area contributed by atoms with Crippen molar-refractivity contribution in [3.05, 3.63) is 0 Å². The fourth-order valence-corrected chi connectivity index (χ4v) is 2.02. The standard InChI is InChI=1S/C13H26N2O/c1-9(11(16)15-12(2,3)4)14-13(5,6)10-7-8-10/h9-10,14H,7-8H2,1-6H3,(H,15,16). The van der Waals surface area contributed by atoms with Crippen molar-refractivity contribution in [3.8, 4) is 0 Å². The van der Waals surface area contributed by atoms with Gasteiger partial charge in [-0.1, -0.05) is 0 Å². The highest BCUT2D eigenvalue weighted by atomic mass is 16.2. The van der Waals surface area contributed by atoms with Gasteiger partial charge in [0.1, 0.15) is 0 Å². The summed E-state index contributed by atoms with van der Waals surface area (Å²) in [5.41, 5.74) is -0.0780. The number of hydrogen-bond acceptors (Lipinski definition) is 2. The Hall–Kier alpha value is -0.570. The molecular formula is C13H26N2O. The van der Waals surface area contributed by atoms with Gasteiger partial charge in [-0.3, -0.25) is 4.79 Å². The van der Waals surface area contributed by atoms with Gasteiger partial charge in [0.2, 0.25) is 5.91 Å². The quantitative estimate of drug-likeness (QED) is 0.770. The zero-order valence-electron chi connectivity index (χ0n) is 11.5. The third kappa shape index (κ3) is 4.12. The topological polar surface area (TPSA) is 41.1 Å². The fraction of sp³-hybridized carbons (Fsp3) is 0.923. The summed E-state index contributed by atoms with van der Waals surface area (Å²) < 4.78 is 0. The van der Waals surface area contributed by atoms with Crippen LogP contribution in [0.3, 0.4) is 0 Å². The van der Waals surface area contributed by atoms with Crippen molar-refractivity contribution in [1.29, 1.82) is 0 Å². The number of hydrogen-bond donors (Lipinski definition) is 2. The van der Waals surface area contributed by atoms with Gasteiger partial charge in [0, 0.05) is 11.1 Å². The lowest BCUT2D eigenvalue weighted by Crippen LogP contribution is -2.55. The maximum Gasteiger partial charge on any atom is 0.237 e. The molecular weight excluding hydrogens is 200 g/mol. The Morgan fingerprint density at radius 3 is 2.06 bits per heavy atom. The molecule has 1 unspecified atom stereocenters. The maximum absolute atomic E-state index is 11.9. The summed E-state index contributed by atoms with van der Waals surface area (Å²) in [6.45, 7) is 12.3. The van der Waals surface area contributed by atoms with Crippen LogP contribution in [0.25, 0.3) is 0 Å². The van der Waals surface area contributed by atoms with E-state index >= 15 is 0 Å². The van der Waals surface area contributed by atoms with E-state index in [9.17, 15) is 4.79 Å². The van der Waals surface area contributed by atoms with Crippen molar-refractivity contribution >= 4 is 5.91 Å². The van der Waals surface area contributed by atoms with Gasteiger partial charge in [-0.25, -0.2) is 0 Å². The van der Waals surface area contributed by atoms with Crippen LogP contribution in [0.5, 0.6) is 0 Å². The van der Waals surface area contributed by atoms with E-state index < -0.39 is 0 Å². The van der Waals surface area contributed by atoms with Crippen LogP contribution in [-0.4, -0.2) is 23.0 Å². The van der Waals surface area contributed by atoms with Crippen LogP contribution >= 0.6 is 0 Å². The van der Waals surface area contributed by atoms with Crippen molar-refractivity contribution in [1.82, 2.24) is 10.6 Å². The molecule has 94 valence electrons. The van der Waals surface area contributed by atoms with Crippen LogP contribution in [0, 0.1) is 5.92 Å². The summed E-state index contributed by atoms with van der Waals surface area (Å²) in [5.74, 6) is 0.818. The highest BCUT2D eigenvalue weighted by Gasteiger charge is 2.39. The van der Waals surface area contributed by atoms with Crippen molar-refractivity contribution < 1.29 is 4.79 Å². The number of carbonyl (C=O) groups excluding carboxylic acids is 1. The van der Waals surface area contributed by atoms with Crippen molar-refractivity contribution in [2.24, 2.45) is 5.92 Å². The molecule has 2 N–H and O–H groups in total. The lowest BCUT2D eigenvalue weighted by Gasteiger charge is -2.31. The minimum absolute atomic E-state index is 0.0780. The van der Waals surface area contributed by atoms with Gasteiger partial charge < -0.3 is 10.6 Å². The van der Waals surface area contributed by atoms with Crippen molar-refractivity contribution in [2.45, 2.75) is 71.5 Å². The molecule has 3 nitrogen and oxygen atoms in total. The molecule has 1 atom stereocenters. The number of carbonyl (C=O) groups is 1. The Morgan fingerprint density at radius 1 is 1.19 bits per heavy atom. The monoisotopic (exact) mass is 226 g/mol. The lowest BCUT2D eigenvalue weighted by atomic mass is 9.97. The van der Waals surface area contributed by atoms with E-state index in [1.807, 2.05) is 27.7 Å². The first kappa shape index (κ1) is 13.5. The second-order valence-electron chi connectivity index (χ2n) is 6.60. The van der Waals surface area contributed by atoms with Crippen LogP contribution < -0.4 is 10.6 Å². The van der Waals surface area contributed by atoms with Crippen LogP contribution in [0.1, 0.15) is 54.4 Å². The Bertz CT molecular complexity index is 262. The third-order valence-corrected chi connectivity index (χ3v) is 3.08. The molecule has 16 heavy (non-hydrogen) atoms. The predicted octanol–water partition coefficient (Wildman–Crippen LogP) is 2.07. The summed E-state index contributed by atoms with van der Waals surface area (Å²) in [4.78, 5) is 11.9. The maximum atomic E-state index is 11.9. The van der Waals surface area contributed by atoms with Gasteiger partial charge in [0.25, 0.3) is 0 Å². The SMILES string of the molecule is CC(NC(C)(C)C1CC1)C(=O)NC(C)(C)C. The molecule has 0 aromatic carbocycles. The molecule has 1 amide bonds. The Labute approximate surface area is 99.4 Å². The number of rotatable bonds is 4. The van der Waals surface area contributed by atoms with Crippen LogP contribution in [0.2, 0.25) is 0 Å². The van der Waals surface area contributed by atoms with Gasteiger partial charge >= 0.3 is 0 Å². The molecule has 0 heterocycles. The molecule has 0 aromatic heterocycles. The van der Waals surface area contributed by atoms with Gasteiger partial charge in [0.05, 0.1) is 6.04 Å². The molecule has 0 aromatic rings. The van der Waals surface area contributed by atoms with Gasteiger partial charge in [-0.05, 0) is 60.3 Å². The van der Waals surface area contributed by atoms with Crippen molar-refractivity contribution in [3.63, 3.8) is 0 Å². The molecule has 0 saturated heterocycles. The van der Waals surface area contributed by atoms with E-state index in [1.54, 1.807) is 0 Å². The van der Waals surface area contributed by atoms with E-state index in [0.717, 1.165) is 5.92 Å². The smallest absolute Gasteiger partial charge is 0.237 e. The highest BCUT2D eigenvalue weighted by Crippen LogP contribution is 2.39. The molecule has 1 saturated carbocycles. The second kappa shape index (κ2) is 4.36. The normalized spacial score (nSPS) is 19.4. The Balaban J connectivity index is 2.45. The predicted molar refractivity (Wildman–Crippen MR) is 67.3 cm³/mol.